The standard InChI is InChI=1S/C12H15NO2.ClH/c1-2-4-12-11(3-1)14-7-9-5-13-6-10(9)8-15-12;/h1-4,9-10,13H,5-8H2;1H/t9-,10+;. The Morgan fingerprint density at radius 2 is 1.44 bits per heavy atom. The number of rotatable bonds is 0. The number of hydrogen-bond acceptors (Lipinski definition) is 3. The van der Waals surface area contributed by atoms with E-state index in [-0.39, 0.29) is 12.4 Å². The average molecular weight is 242 g/mol. The summed E-state index contributed by atoms with van der Waals surface area (Å²) in [5.41, 5.74) is 0. The summed E-state index contributed by atoms with van der Waals surface area (Å²) < 4.78 is 11.6. The lowest BCUT2D eigenvalue weighted by Gasteiger charge is -2.24. The van der Waals surface area contributed by atoms with Crippen LogP contribution in [0.25, 0.3) is 0 Å². The first kappa shape index (κ1) is 11.6. The Morgan fingerprint density at radius 1 is 0.938 bits per heavy atom. The predicted octanol–water partition coefficient (Wildman–Crippen LogP) is 1.72. The van der Waals surface area contributed by atoms with E-state index < -0.39 is 0 Å². The van der Waals surface area contributed by atoms with Crippen LogP contribution in [0.2, 0.25) is 0 Å². The second kappa shape index (κ2) is 4.93. The third-order valence-electron chi connectivity index (χ3n) is 3.23. The number of nitrogens with one attached hydrogen (secondary N) is 1. The highest BCUT2D eigenvalue weighted by atomic mass is 35.5. The van der Waals surface area contributed by atoms with Gasteiger partial charge in [0.05, 0.1) is 13.2 Å². The number of fused-ring (bicyclic) bond motifs is 2. The van der Waals surface area contributed by atoms with Gasteiger partial charge in [0.25, 0.3) is 0 Å². The Balaban J connectivity index is 0.000000963. The first-order valence-corrected chi connectivity index (χ1v) is 5.49. The van der Waals surface area contributed by atoms with Crippen molar-refractivity contribution in [2.75, 3.05) is 26.3 Å². The van der Waals surface area contributed by atoms with Crippen LogP contribution in [0.1, 0.15) is 0 Å². The molecule has 1 N–H and O–H groups in total. The van der Waals surface area contributed by atoms with Crippen molar-refractivity contribution >= 4 is 12.4 Å². The molecule has 1 aromatic rings. The molecule has 0 radical (unpaired) electrons. The normalized spacial score (nSPS) is 27.2. The fourth-order valence-electron chi connectivity index (χ4n) is 2.26. The highest BCUT2D eigenvalue weighted by Gasteiger charge is 2.30. The minimum atomic E-state index is 0. The molecule has 2 heterocycles. The number of ether oxygens (including phenoxy) is 2. The molecular formula is C12H16ClNO2. The quantitative estimate of drug-likeness (QED) is 0.750. The summed E-state index contributed by atoms with van der Waals surface area (Å²) in [6, 6.07) is 7.90. The highest BCUT2D eigenvalue weighted by Crippen LogP contribution is 2.31. The van der Waals surface area contributed by atoms with Crippen LogP contribution >= 0.6 is 12.4 Å². The lowest BCUT2D eigenvalue weighted by Crippen LogP contribution is -2.27. The molecule has 16 heavy (non-hydrogen) atoms. The van der Waals surface area contributed by atoms with Gasteiger partial charge in [0.15, 0.2) is 11.5 Å². The van der Waals surface area contributed by atoms with E-state index in [2.05, 4.69) is 5.32 Å². The molecule has 1 aromatic carbocycles. The topological polar surface area (TPSA) is 30.5 Å². The van der Waals surface area contributed by atoms with Crippen molar-refractivity contribution in [3.05, 3.63) is 24.3 Å². The van der Waals surface area contributed by atoms with E-state index in [1.165, 1.54) is 0 Å². The van der Waals surface area contributed by atoms with E-state index in [1.807, 2.05) is 24.3 Å². The molecular weight excluding hydrogens is 226 g/mol. The number of benzene rings is 1. The van der Waals surface area contributed by atoms with E-state index in [0.717, 1.165) is 37.8 Å². The first-order chi connectivity index (χ1) is 7.43. The molecule has 0 saturated carbocycles. The Hall–Kier alpha value is -0.930. The van der Waals surface area contributed by atoms with Gasteiger partial charge in [-0.15, -0.1) is 12.4 Å². The molecule has 0 amide bonds. The molecule has 2 aliphatic heterocycles. The van der Waals surface area contributed by atoms with Crippen LogP contribution in [-0.4, -0.2) is 26.3 Å². The molecule has 0 bridgehead atoms. The second-order valence-electron chi connectivity index (χ2n) is 4.25. The van der Waals surface area contributed by atoms with E-state index >= 15 is 0 Å². The van der Waals surface area contributed by atoms with Gasteiger partial charge in [0, 0.05) is 24.9 Å². The van der Waals surface area contributed by atoms with Gasteiger partial charge in [-0.05, 0) is 12.1 Å². The number of para-hydroxylation sites is 2. The van der Waals surface area contributed by atoms with Gasteiger partial charge in [-0.3, -0.25) is 0 Å². The van der Waals surface area contributed by atoms with Crippen molar-refractivity contribution < 1.29 is 9.47 Å². The van der Waals surface area contributed by atoms with Crippen molar-refractivity contribution in [3.8, 4) is 11.5 Å². The zero-order chi connectivity index (χ0) is 10.1. The first-order valence-electron chi connectivity index (χ1n) is 5.49. The Bertz CT molecular complexity index is 326. The van der Waals surface area contributed by atoms with E-state index in [0.29, 0.717) is 11.8 Å². The fraction of sp³-hybridized carbons (Fsp3) is 0.500. The van der Waals surface area contributed by atoms with Gasteiger partial charge in [-0.2, -0.15) is 0 Å². The molecule has 3 nitrogen and oxygen atoms in total. The van der Waals surface area contributed by atoms with Gasteiger partial charge in [0.2, 0.25) is 0 Å². The summed E-state index contributed by atoms with van der Waals surface area (Å²) in [5.74, 6) is 2.95. The Labute approximate surface area is 102 Å². The van der Waals surface area contributed by atoms with Crippen LogP contribution in [-0.2, 0) is 0 Å². The maximum Gasteiger partial charge on any atom is 0.161 e. The van der Waals surface area contributed by atoms with Crippen LogP contribution in [0.3, 0.4) is 0 Å². The van der Waals surface area contributed by atoms with Crippen molar-refractivity contribution in [1.82, 2.24) is 5.32 Å². The third kappa shape index (κ3) is 2.11. The third-order valence-corrected chi connectivity index (χ3v) is 3.23. The largest absolute Gasteiger partial charge is 0.489 e. The summed E-state index contributed by atoms with van der Waals surface area (Å²) in [5, 5.41) is 3.39. The maximum absolute atomic E-state index is 5.78. The molecule has 2 atom stereocenters. The van der Waals surface area contributed by atoms with Crippen LogP contribution in [0.4, 0.5) is 0 Å². The summed E-state index contributed by atoms with van der Waals surface area (Å²) in [6.45, 7) is 3.71. The molecule has 3 rings (SSSR count). The molecule has 0 aromatic heterocycles. The minimum Gasteiger partial charge on any atom is -0.489 e. The number of hydrogen-bond donors (Lipinski definition) is 1. The van der Waals surface area contributed by atoms with Crippen LogP contribution in [0.15, 0.2) is 24.3 Å². The summed E-state index contributed by atoms with van der Waals surface area (Å²) in [6.07, 6.45) is 0. The minimum absolute atomic E-state index is 0. The molecule has 1 fully saturated rings. The molecule has 1 saturated heterocycles. The summed E-state index contributed by atoms with van der Waals surface area (Å²) in [4.78, 5) is 0. The lowest BCUT2D eigenvalue weighted by molar-refractivity contribution is 0.144. The smallest absolute Gasteiger partial charge is 0.161 e. The second-order valence-corrected chi connectivity index (χ2v) is 4.25. The molecule has 4 heteroatoms. The fourth-order valence-corrected chi connectivity index (χ4v) is 2.26. The zero-order valence-electron chi connectivity index (χ0n) is 9.02. The van der Waals surface area contributed by atoms with Gasteiger partial charge in [-0.1, -0.05) is 12.1 Å². The molecule has 2 aliphatic rings. The highest BCUT2D eigenvalue weighted by molar-refractivity contribution is 5.85. The number of halogens is 1. The molecule has 0 unspecified atom stereocenters. The summed E-state index contributed by atoms with van der Waals surface area (Å²) >= 11 is 0. The van der Waals surface area contributed by atoms with Gasteiger partial charge in [0.1, 0.15) is 0 Å². The molecule has 0 spiro atoms. The van der Waals surface area contributed by atoms with Crippen LogP contribution in [0.5, 0.6) is 11.5 Å². The van der Waals surface area contributed by atoms with Crippen molar-refractivity contribution in [3.63, 3.8) is 0 Å². The lowest BCUT2D eigenvalue weighted by atomic mass is 9.97. The van der Waals surface area contributed by atoms with Crippen molar-refractivity contribution in [2.24, 2.45) is 11.8 Å². The molecule has 88 valence electrons. The Morgan fingerprint density at radius 3 is 1.94 bits per heavy atom. The van der Waals surface area contributed by atoms with E-state index in [9.17, 15) is 0 Å². The van der Waals surface area contributed by atoms with Gasteiger partial charge in [-0.25, -0.2) is 0 Å². The molecule has 0 aliphatic carbocycles. The average Bonchev–Trinajstić information content (AvgIpc) is 2.68. The maximum atomic E-state index is 5.78. The van der Waals surface area contributed by atoms with Crippen molar-refractivity contribution in [2.45, 2.75) is 0 Å². The van der Waals surface area contributed by atoms with E-state index in [4.69, 9.17) is 9.47 Å². The zero-order valence-corrected chi connectivity index (χ0v) is 9.83. The van der Waals surface area contributed by atoms with Gasteiger partial charge >= 0.3 is 0 Å². The van der Waals surface area contributed by atoms with Crippen LogP contribution < -0.4 is 14.8 Å². The monoisotopic (exact) mass is 241 g/mol. The SMILES string of the molecule is Cl.c1ccc2c(c1)OC[C@H]1CNC[C@H]1CO2. The summed E-state index contributed by atoms with van der Waals surface area (Å²) in [7, 11) is 0. The predicted molar refractivity (Wildman–Crippen MR) is 64.5 cm³/mol. The Kier molecular flexibility index (Phi) is 3.56. The van der Waals surface area contributed by atoms with Crippen LogP contribution in [0, 0.1) is 11.8 Å². The van der Waals surface area contributed by atoms with Gasteiger partial charge < -0.3 is 14.8 Å². The van der Waals surface area contributed by atoms with E-state index in [1.54, 1.807) is 0 Å². The van der Waals surface area contributed by atoms with Crippen molar-refractivity contribution in [1.29, 1.82) is 0 Å².